The number of amides is 1. The SMILES string of the molecule is Cl.O=C(CO)N[C@H]1CN(Cc2ccc(C(F)(F)F)cc2)C[C@@H]1C1CC1. The van der Waals surface area contributed by atoms with Crippen molar-refractivity contribution in [1.82, 2.24) is 10.2 Å². The Morgan fingerprint density at radius 1 is 1.20 bits per heavy atom. The molecule has 2 atom stereocenters. The molecule has 2 fully saturated rings. The van der Waals surface area contributed by atoms with E-state index in [1.54, 1.807) is 0 Å². The number of alkyl halides is 3. The summed E-state index contributed by atoms with van der Waals surface area (Å²) in [4.78, 5) is 13.6. The van der Waals surface area contributed by atoms with E-state index in [0.717, 1.165) is 37.1 Å². The Balaban J connectivity index is 0.00000225. The quantitative estimate of drug-likeness (QED) is 0.827. The van der Waals surface area contributed by atoms with E-state index in [1.807, 2.05) is 0 Å². The summed E-state index contributed by atoms with van der Waals surface area (Å²) >= 11 is 0. The maximum absolute atomic E-state index is 12.6. The van der Waals surface area contributed by atoms with Crippen LogP contribution in [-0.4, -0.2) is 41.7 Å². The molecule has 2 aliphatic rings. The van der Waals surface area contributed by atoms with Gasteiger partial charge in [-0.05, 0) is 42.4 Å². The summed E-state index contributed by atoms with van der Waals surface area (Å²) in [6.45, 7) is 1.52. The number of carbonyl (C=O) groups is 1. The molecule has 4 nitrogen and oxygen atoms in total. The second kappa shape index (κ2) is 7.93. The van der Waals surface area contributed by atoms with Crippen LogP contribution >= 0.6 is 12.4 Å². The van der Waals surface area contributed by atoms with Crippen molar-refractivity contribution in [1.29, 1.82) is 0 Å². The molecule has 140 valence electrons. The molecule has 0 unspecified atom stereocenters. The average Bonchev–Trinajstić information content (AvgIpc) is 3.30. The Labute approximate surface area is 150 Å². The van der Waals surface area contributed by atoms with E-state index in [2.05, 4.69) is 10.2 Å². The van der Waals surface area contributed by atoms with Crippen molar-refractivity contribution in [3.05, 3.63) is 35.4 Å². The van der Waals surface area contributed by atoms with Crippen molar-refractivity contribution in [2.24, 2.45) is 11.8 Å². The van der Waals surface area contributed by atoms with Crippen LogP contribution in [-0.2, 0) is 17.5 Å². The number of benzene rings is 1. The predicted molar refractivity (Wildman–Crippen MR) is 89.2 cm³/mol. The first-order valence-electron chi connectivity index (χ1n) is 8.15. The summed E-state index contributed by atoms with van der Waals surface area (Å²) in [6, 6.07) is 5.24. The second-order valence-corrected chi connectivity index (χ2v) is 6.72. The van der Waals surface area contributed by atoms with Gasteiger partial charge in [-0.3, -0.25) is 9.69 Å². The molecule has 0 spiro atoms. The number of hydrogen-bond donors (Lipinski definition) is 2. The van der Waals surface area contributed by atoms with Crippen molar-refractivity contribution in [3.8, 4) is 0 Å². The third kappa shape index (κ3) is 5.09. The molecule has 1 saturated heterocycles. The van der Waals surface area contributed by atoms with Crippen molar-refractivity contribution >= 4 is 18.3 Å². The number of halogens is 4. The van der Waals surface area contributed by atoms with Crippen molar-refractivity contribution in [2.75, 3.05) is 19.7 Å². The van der Waals surface area contributed by atoms with Crippen LogP contribution in [0.15, 0.2) is 24.3 Å². The van der Waals surface area contributed by atoms with Crippen LogP contribution in [0.4, 0.5) is 13.2 Å². The van der Waals surface area contributed by atoms with E-state index in [4.69, 9.17) is 5.11 Å². The summed E-state index contributed by atoms with van der Waals surface area (Å²) in [7, 11) is 0. The molecule has 0 bridgehead atoms. The molecule has 0 radical (unpaired) electrons. The van der Waals surface area contributed by atoms with E-state index >= 15 is 0 Å². The van der Waals surface area contributed by atoms with Gasteiger partial charge in [0.2, 0.25) is 5.91 Å². The average molecular weight is 379 g/mol. The van der Waals surface area contributed by atoms with E-state index < -0.39 is 18.3 Å². The Kier molecular flexibility index (Phi) is 6.35. The minimum Gasteiger partial charge on any atom is -0.387 e. The first kappa shape index (κ1) is 20.0. The number of nitrogens with zero attached hydrogens (tertiary/aromatic N) is 1. The Morgan fingerprint density at radius 3 is 2.36 bits per heavy atom. The lowest BCUT2D eigenvalue weighted by Crippen LogP contribution is -2.42. The number of aliphatic hydroxyl groups is 1. The Morgan fingerprint density at radius 2 is 1.84 bits per heavy atom. The van der Waals surface area contributed by atoms with Crippen molar-refractivity contribution in [2.45, 2.75) is 31.6 Å². The molecule has 1 aliphatic carbocycles. The summed E-state index contributed by atoms with van der Waals surface area (Å²) in [5.74, 6) is 0.587. The fourth-order valence-corrected chi connectivity index (χ4v) is 3.51. The molecule has 1 saturated carbocycles. The highest BCUT2D eigenvalue weighted by Gasteiger charge is 2.42. The van der Waals surface area contributed by atoms with Gasteiger partial charge in [-0.25, -0.2) is 0 Å². The monoisotopic (exact) mass is 378 g/mol. The predicted octanol–water partition coefficient (Wildman–Crippen LogP) is 2.45. The molecule has 1 aliphatic heterocycles. The summed E-state index contributed by atoms with van der Waals surface area (Å²) in [5, 5.41) is 11.8. The van der Waals surface area contributed by atoms with Gasteiger partial charge in [0.1, 0.15) is 6.61 Å². The van der Waals surface area contributed by atoms with Crippen LogP contribution in [0, 0.1) is 11.8 Å². The molecule has 2 N–H and O–H groups in total. The van der Waals surface area contributed by atoms with E-state index in [1.165, 1.54) is 12.1 Å². The smallest absolute Gasteiger partial charge is 0.387 e. The standard InChI is InChI=1S/C17H21F3N2O2.ClH/c18-17(19,20)13-5-1-11(2-6-13)7-22-8-14(12-3-4-12)15(9-22)21-16(24)10-23;/h1-2,5-6,12,14-15,23H,3-4,7-10H2,(H,21,24);1H/t14-,15+;/m1./s1. The molecule has 1 amide bonds. The van der Waals surface area contributed by atoms with Crippen LogP contribution in [0.25, 0.3) is 0 Å². The molecule has 1 aromatic carbocycles. The number of likely N-dealkylation sites (tertiary alicyclic amines) is 1. The van der Waals surface area contributed by atoms with Gasteiger partial charge >= 0.3 is 6.18 Å². The van der Waals surface area contributed by atoms with Crippen molar-refractivity contribution in [3.63, 3.8) is 0 Å². The second-order valence-electron chi connectivity index (χ2n) is 6.72. The third-order valence-electron chi connectivity index (χ3n) is 4.85. The first-order chi connectivity index (χ1) is 11.4. The van der Waals surface area contributed by atoms with Gasteiger partial charge in [0.05, 0.1) is 5.56 Å². The number of nitrogens with one attached hydrogen (secondary N) is 1. The highest BCUT2D eigenvalue weighted by molar-refractivity contribution is 5.85. The Bertz CT molecular complexity index is 591. The highest BCUT2D eigenvalue weighted by Crippen LogP contribution is 2.41. The molecular formula is C17H22ClF3N2O2. The normalized spacial score (nSPS) is 24.0. The lowest BCUT2D eigenvalue weighted by Gasteiger charge is -2.18. The van der Waals surface area contributed by atoms with Gasteiger partial charge in [0, 0.05) is 25.7 Å². The number of rotatable bonds is 5. The maximum atomic E-state index is 12.6. The summed E-state index contributed by atoms with van der Waals surface area (Å²) in [6.07, 6.45) is -2.00. The van der Waals surface area contributed by atoms with E-state index in [-0.39, 0.29) is 24.4 Å². The fraction of sp³-hybridized carbons (Fsp3) is 0.588. The molecule has 3 rings (SSSR count). The zero-order valence-electron chi connectivity index (χ0n) is 13.6. The molecular weight excluding hydrogens is 357 g/mol. The summed E-state index contributed by atoms with van der Waals surface area (Å²) < 4.78 is 37.8. The van der Waals surface area contributed by atoms with Gasteiger partial charge in [-0.2, -0.15) is 13.2 Å². The molecule has 8 heteroatoms. The minimum absolute atomic E-state index is 0. The molecule has 25 heavy (non-hydrogen) atoms. The van der Waals surface area contributed by atoms with E-state index in [9.17, 15) is 18.0 Å². The van der Waals surface area contributed by atoms with Crippen LogP contribution < -0.4 is 5.32 Å². The molecule has 1 heterocycles. The highest BCUT2D eigenvalue weighted by atomic mass is 35.5. The largest absolute Gasteiger partial charge is 0.416 e. The van der Waals surface area contributed by atoms with Crippen LogP contribution in [0.3, 0.4) is 0 Å². The van der Waals surface area contributed by atoms with Gasteiger partial charge in [-0.1, -0.05) is 12.1 Å². The molecule has 0 aromatic heterocycles. The van der Waals surface area contributed by atoms with Crippen molar-refractivity contribution < 1.29 is 23.1 Å². The van der Waals surface area contributed by atoms with Gasteiger partial charge in [-0.15, -0.1) is 12.4 Å². The van der Waals surface area contributed by atoms with Crippen LogP contribution in [0.1, 0.15) is 24.0 Å². The van der Waals surface area contributed by atoms with Gasteiger partial charge in [0.25, 0.3) is 0 Å². The summed E-state index contributed by atoms with van der Waals surface area (Å²) in [5.41, 5.74) is 0.184. The van der Waals surface area contributed by atoms with Gasteiger partial charge < -0.3 is 10.4 Å². The lowest BCUT2D eigenvalue weighted by atomic mass is 9.98. The number of carbonyl (C=O) groups excluding carboxylic acids is 1. The van der Waals surface area contributed by atoms with Gasteiger partial charge in [0.15, 0.2) is 0 Å². The topological polar surface area (TPSA) is 52.6 Å². The fourth-order valence-electron chi connectivity index (χ4n) is 3.51. The molecule has 1 aromatic rings. The van der Waals surface area contributed by atoms with Crippen LogP contribution in [0.2, 0.25) is 0 Å². The first-order valence-corrected chi connectivity index (χ1v) is 8.15. The zero-order chi connectivity index (χ0) is 17.3. The minimum atomic E-state index is -4.32. The Hall–Kier alpha value is -1.31. The third-order valence-corrected chi connectivity index (χ3v) is 4.85. The number of hydrogen-bond acceptors (Lipinski definition) is 3. The van der Waals surface area contributed by atoms with E-state index in [0.29, 0.717) is 24.9 Å². The maximum Gasteiger partial charge on any atom is 0.416 e. The zero-order valence-corrected chi connectivity index (χ0v) is 14.4. The number of aliphatic hydroxyl groups excluding tert-OH is 1. The van der Waals surface area contributed by atoms with Crippen LogP contribution in [0.5, 0.6) is 0 Å². The lowest BCUT2D eigenvalue weighted by molar-refractivity contribution is -0.137.